The van der Waals surface area contributed by atoms with Gasteiger partial charge < -0.3 is 0 Å². The maximum Gasteiger partial charge on any atom is 0.185 e. The van der Waals surface area contributed by atoms with Gasteiger partial charge in [0, 0.05) is 29.4 Å². The summed E-state index contributed by atoms with van der Waals surface area (Å²) in [5.74, 6) is -0.0728. The topological polar surface area (TPSA) is 34.9 Å². The third-order valence-electron chi connectivity index (χ3n) is 2.26. The van der Waals surface area contributed by atoms with Crippen molar-refractivity contribution in [1.82, 2.24) is 9.78 Å². The zero-order valence-corrected chi connectivity index (χ0v) is 10.1. The highest BCUT2D eigenvalue weighted by molar-refractivity contribution is 6.31. The third kappa shape index (κ3) is 3.04. The molecule has 86 valence electrons. The van der Waals surface area contributed by atoms with Crippen LogP contribution < -0.4 is 0 Å². The van der Waals surface area contributed by atoms with Gasteiger partial charge in [0.15, 0.2) is 5.78 Å². The van der Waals surface area contributed by atoms with Crippen LogP contribution in [0.25, 0.3) is 6.08 Å². The van der Waals surface area contributed by atoms with Crippen molar-refractivity contribution in [2.24, 2.45) is 7.05 Å². The number of hydrogen-bond donors (Lipinski definition) is 0. The average Bonchev–Trinajstić information content (AvgIpc) is 2.72. The number of benzene rings is 1. The van der Waals surface area contributed by atoms with Gasteiger partial charge in [-0.2, -0.15) is 5.10 Å². The van der Waals surface area contributed by atoms with E-state index < -0.39 is 0 Å². The lowest BCUT2D eigenvalue weighted by molar-refractivity contribution is 0.104. The second-order valence-electron chi connectivity index (χ2n) is 3.66. The quantitative estimate of drug-likeness (QED) is 0.617. The van der Waals surface area contributed by atoms with Gasteiger partial charge in [-0.05, 0) is 24.3 Å². The molecule has 0 amide bonds. The Morgan fingerprint density at radius 3 is 2.94 bits per heavy atom. The van der Waals surface area contributed by atoms with E-state index >= 15 is 0 Å². The molecule has 0 aliphatic heterocycles. The van der Waals surface area contributed by atoms with E-state index in [9.17, 15) is 4.79 Å². The van der Waals surface area contributed by atoms with E-state index in [0.717, 1.165) is 5.56 Å². The van der Waals surface area contributed by atoms with Crippen molar-refractivity contribution in [2.45, 2.75) is 0 Å². The predicted octanol–water partition coefficient (Wildman–Crippen LogP) is 2.97. The van der Waals surface area contributed by atoms with Crippen molar-refractivity contribution in [2.75, 3.05) is 0 Å². The predicted molar refractivity (Wildman–Crippen MR) is 68.0 cm³/mol. The maximum absolute atomic E-state index is 11.8. The Morgan fingerprint density at radius 2 is 2.29 bits per heavy atom. The highest BCUT2D eigenvalue weighted by Crippen LogP contribution is 2.12. The lowest BCUT2D eigenvalue weighted by atomic mass is 10.1. The second-order valence-corrected chi connectivity index (χ2v) is 4.09. The first-order chi connectivity index (χ1) is 8.15. The second kappa shape index (κ2) is 4.97. The van der Waals surface area contributed by atoms with Crippen LogP contribution in [0.3, 0.4) is 0 Å². The first kappa shape index (κ1) is 11.6. The summed E-state index contributed by atoms with van der Waals surface area (Å²) in [5.41, 5.74) is 1.47. The van der Waals surface area contributed by atoms with E-state index in [1.165, 1.54) is 6.08 Å². The number of rotatable bonds is 3. The molecule has 0 unspecified atom stereocenters. The summed E-state index contributed by atoms with van der Waals surface area (Å²) in [7, 11) is 1.83. The minimum Gasteiger partial charge on any atom is -0.289 e. The minimum atomic E-state index is -0.0728. The molecule has 0 spiro atoms. The molecule has 3 nitrogen and oxygen atoms in total. The molecule has 1 heterocycles. The molecule has 0 bridgehead atoms. The van der Waals surface area contributed by atoms with Gasteiger partial charge in [0.2, 0.25) is 0 Å². The number of ketones is 1. The lowest BCUT2D eigenvalue weighted by Gasteiger charge is -1.95. The van der Waals surface area contributed by atoms with E-state index in [4.69, 9.17) is 11.6 Å². The number of carbonyl (C=O) groups excluding carboxylic acids is 1. The molecule has 4 heteroatoms. The number of hydrogen-bond acceptors (Lipinski definition) is 2. The van der Waals surface area contributed by atoms with Crippen LogP contribution in [0.5, 0.6) is 0 Å². The van der Waals surface area contributed by atoms with E-state index in [-0.39, 0.29) is 5.78 Å². The van der Waals surface area contributed by atoms with Gasteiger partial charge in [-0.15, -0.1) is 0 Å². The molecule has 1 aromatic heterocycles. The Bertz CT molecular complexity index is 572. The van der Waals surface area contributed by atoms with Crippen LogP contribution in [0.2, 0.25) is 5.02 Å². The molecule has 2 rings (SSSR count). The summed E-state index contributed by atoms with van der Waals surface area (Å²) in [5, 5.41) is 4.58. The Balaban J connectivity index is 2.14. The summed E-state index contributed by atoms with van der Waals surface area (Å²) in [6.45, 7) is 0. The summed E-state index contributed by atoms with van der Waals surface area (Å²) in [4.78, 5) is 11.8. The number of carbonyl (C=O) groups is 1. The molecule has 0 aliphatic rings. The van der Waals surface area contributed by atoms with Crippen molar-refractivity contribution in [1.29, 1.82) is 0 Å². The molecule has 0 saturated heterocycles. The zero-order valence-electron chi connectivity index (χ0n) is 9.30. The number of aryl methyl sites for hydroxylation is 1. The molecule has 2 aromatic rings. The largest absolute Gasteiger partial charge is 0.289 e. The standard InChI is InChI=1S/C13H11ClN2O/c1-16-9-10(8-15-16)5-6-13(17)11-3-2-4-12(14)7-11/h2-9H,1H3. The van der Waals surface area contributed by atoms with Crippen molar-refractivity contribution in [3.8, 4) is 0 Å². The lowest BCUT2D eigenvalue weighted by Crippen LogP contribution is -1.93. The molecular formula is C13H11ClN2O. The summed E-state index contributed by atoms with van der Waals surface area (Å²) < 4.78 is 1.68. The van der Waals surface area contributed by atoms with Gasteiger partial charge in [-0.1, -0.05) is 23.7 Å². The van der Waals surface area contributed by atoms with Gasteiger partial charge in [-0.25, -0.2) is 0 Å². The minimum absolute atomic E-state index is 0.0728. The van der Waals surface area contributed by atoms with Crippen LogP contribution in [0.15, 0.2) is 42.7 Å². The Kier molecular flexibility index (Phi) is 3.40. The van der Waals surface area contributed by atoms with E-state index in [0.29, 0.717) is 10.6 Å². The van der Waals surface area contributed by atoms with E-state index in [2.05, 4.69) is 5.10 Å². The Morgan fingerprint density at radius 1 is 1.47 bits per heavy atom. The number of allylic oxidation sites excluding steroid dienone is 1. The van der Waals surface area contributed by atoms with Gasteiger partial charge in [0.05, 0.1) is 6.20 Å². The molecular weight excluding hydrogens is 236 g/mol. The monoisotopic (exact) mass is 246 g/mol. The highest BCUT2D eigenvalue weighted by atomic mass is 35.5. The summed E-state index contributed by atoms with van der Waals surface area (Å²) in [6.07, 6.45) is 6.78. The summed E-state index contributed by atoms with van der Waals surface area (Å²) in [6, 6.07) is 6.88. The SMILES string of the molecule is Cn1cc(C=CC(=O)c2cccc(Cl)c2)cn1. The maximum atomic E-state index is 11.8. The molecule has 17 heavy (non-hydrogen) atoms. The fourth-order valence-electron chi connectivity index (χ4n) is 1.44. The van der Waals surface area contributed by atoms with Crippen LogP contribution in [0.4, 0.5) is 0 Å². The number of aromatic nitrogens is 2. The molecule has 0 atom stereocenters. The van der Waals surface area contributed by atoms with Crippen LogP contribution in [-0.2, 0) is 7.05 Å². The van der Waals surface area contributed by atoms with Gasteiger partial charge in [-0.3, -0.25) is 9.48 Å². The average molecular weight is 247 g/mol. The highest BCUT2D eigenvalue weighted by Gasteiger charge is 2.01. The van der Waals surface area contributed by atoms with Crippen LogP contribution in [0, 0.1) is 0 Å². The third-order valence-corrected chi connectivity index (χ3v) is 2.50. The van der Waals surface area contributed by atoms with Crippen molar-refractivity contribution in [3.63, 3.8) is 0 Å². The van der Waals surface area contributed by atoms with Gasteiger partial charge >= 0.3 is 0 Å². The molecule has 0 N–H and O–H groups in total. The van der Waals surface area contributed by atoms with Gasteiger partial charge in [0.1, 0.15) is 0 Å². The van der Waals surface area contributed by atoms with Gasteiger partial charge in [0.25, 0.3) is 0 Å². The molecule has 0 aliphatic carbocycles. The molecule has 0 radical (unpaired) electrons. The molecule has 0 fully saturated rings. The van der Waals surface area contributed by atoms with E-state index in [1.807, 2.05) is 13.2 Å². The van der Waals surface area contributed by atoms with Crippen molar-refractivity contribution < 1.29 is 4.79 Å². The normalized spacial score (nSPS) is 10.9. The summed E-state index contributed by atoms with van der Waals surface area (Å²) >= 11 is 5.82. The Hall–Kier alpha value is -1.87. The van der Waals surface area contributed by atoms with Crippen molar-refractivity contribution >= 4 is 23.5 Å². The zero-order chi connectivity index (χ0) is 12.3. The van der Waals surface area contributed by atoms with Crippen LogP contribution >= 0.6 is 11.6 Å². The van der Waals surface area contributed by atoms with Crippen LogP contribution in [0.1, 0.15) is 15.9 Å². The number of halogens is 1. The van der Waals surface area contributed by atoms with Crippen LogP contribution in [-0.4, -0.2) is 15.6 Å². The molecule has 0 saturated carbocycles. The Labute approximate surface area is 104 Å². The first-order valence-corrected chi connectivity index (χ1v) is 5.49. The molecule has 1 aromatic carbocycles. The number of nitrogens with zero attached hydrogens (tertiary/aromatic N) is 2. The smallest absolute Gasteiger partial charge is 0.185 e. The van der Waals surface area contributed by atoms with Crippen molar-refractivity contribution in [3.05, 3.63) is 58.9 Å². The fourth-order valence-corrected chi connectivity index (χ4v) is 1.63. The van der Waals surface area contributed by atoms with E-state index in [1.54, 1.807) is 41.2 Å². The first-order valence-electron chi connectivity index (χ1n) is 5.12. The fraction of sp³-hybridized carbons (Fsp3) is 0.0769.